The van der Waals surface area contributed by atoms with Gasteiger partial charge in [-0.25, -0.2) is 4.68 Å². The summed E-state index contributed by atoms with van der Waals surface area (Å²) in [6, 6.07) is 5.58. The Morgan fingerprint density at radius 1 is 1.35 bits per heavy atom. The van der Waals surface area contributed by atoms with E-state index in [0.29, 0.717) is 17.2 Å². The number of ether oxygens (including phenoxy) is 2. The predicted molar refractivity (Wildman–Crippen MR) is 97.9 cm³/mol. The average molecular weight is 359 g/mol. The summed E-state index contributed by atoms with van der Waals surface area (Å²) >= 11 is 0. The lowest BCUT2D eigenvalue weighted by atomic mass is 10.1. The number of piperidine rings is 1. The molecule has 8 nitrogen and oxygen atoms in total. The molecule has 0 radical (unpaired) electrons. The highest BCUT2D eigenvalue weighted by atomic mass is 16.5. The van der Waals surface area contributed by atoms with Gasteiger partial charge in [0.15, 0.2) is 5.69 Å². The predicted octanol–water partition coefficient (Wildman–Crippen LogP) is 2.25. The van der Waals surface area contributed by atoms with Crippen LogP contribution in [0.15, 0.2) is 24.4 Å². The molecule has 140 valence electrons. The molecule has 8 heteroatoms. The highest BCUT2D eigenvalue weighted by Gasteiger charge is 2.20. The molecule has 1 aliphatic rings. The van der Waals surface area contributed by atoms with Crippen LogP contribution in [0.4, 0.5) is 5.69 Å². The van der Waals surface area contributed by atoms with Gasteiger partial charge < -0.3 is 20.1 Å². The van der Waals surface area contributed by atoms with Gasteiger partial charge in [-0.15, -0.1) is 5.10 Å². The summed E-state index contributed by atoms with van der Waals surface area (Å²) in [6.45, 7) is 5.76. The van der Waals surface area contributed by atoms with Gasteiger partial charge in [0, 0.05) is 6.07 Å². The van der Waals surface area contributed by atoms with Crippen molar-refractivity contribution < 1.29 is 14.3 Å². The molecule has 0 atom stereocenters. The average Bonchev–Trinajstić information content (AvgIpc) is 3.14. The summed E-state index contributed by atoms with van der Waals surface area (Å²) in [7, 11) is 1.58. The molecule has 0 spiro atoms. The van der Waals surface area contributed by atoms with Crippen molar-refractivity contribution in [2.24, 2.45) is 0 Å². The van der Waals surface area contributed by atoms with Gasteiger partial charge in [0.25, 0.3) is 5.91 Å². The number of carbonyl (C=O) groups is 1. The van der Waals surface area contributed by atoms with Crippen molar-refractivity contribution in [2.45, 2.75) is 38.8 Å². The second-order valence-electron chi connectivity index (χ2n) is 6.55. The van der Waals surface area contributed by atoms with Crippen LogP contribution in [0.3, 0.4) is 0 Å². The fourth-order valence-electron chi connectivity index (χ4n) is 2.91. The Balaban J connectivity index is 1.75. The third kappa shape index (κ3) is 4.32. The molecule has 1 aromatic heterocycles. The fourth-order valence-corrected chi connectivity index (χ4v) is 2.91. The summed E-state index contributed by atoms with van der Waals surface area (Å²) in [5.74, 6) is 0.890. The van der Waals surface area contributed by atoms with Crippen LogP contribution in [0.1, 0.15) is 43.2 Å². The minimum atomic E-state index is -0.327. The SMILES string of the molecule is COc1ccc(OC(C)C)c(NC(=O)c2cn(C3CCNCC3)nn2)c1. The van der Waals surface area contributed by atoms with Crippen molar-refractivity contribution in [3.63, 3.8) is 0 Å². The molecule has 1 amide bonds. The quantitative estimate of drug-likeness (QED) is 0.822. The Morgan fingerprint density at radius 2 is 2.12 bits per heavy atom. The van der Waals surface area contributed by atoms with Gasteiger partial charge in [-0.2, -0.15) is 0 Å². The maximum atomic E-state index is 12.6. The van der Waals surface area contributed by atoms with Gasteiger partial charge in [-0.1, -0.05) is 5.21 Å². The van der Waals surface area contributed by atoms with Crippen molar-refractivity contribution in [1.29, 1.82) is 0 Å². The van der Waals surface area contributed by atoms with Crippen molar-refractivity contribution in [3.05, 3.63) is 30.1 Å². The third-order valence-corrected chi connectivity index (χ3v) is 4.22. The van der Waals surface area contributed by atoms with Crippen LogP contribution in [0, 0.1) is 0 Å². The van der Waals surface area contributed by atoms with Gasteiger partial charge in [-0.05, 0) is 51.9 Å². The molecule has 2 N–H and O–H groups in total. The second kappa shape index (κ2) is 8.18. The molecule has 0 saturated carbocycles. The highest BCUT2D eigenvalue weighted by Crippen LogP contribution is 2.30. The number of nitrogens with zero attached hydrogens (tertiary/aromatic N) is 3. The van der Waals surface area contributed by atoms with Crippen LogP contribution >= 0.6 is 0 Å². The second-order valence-corrected chi connectivity index (χ2v) is 6.55. The van der Waals surface area contributed by atoms with Crippen LogP contribution in [0.25, 0.3) is 0 Å². The first kappa shape index (κ1) is 18.2. The van der Waals surface area contributed by atoms with Gasteiger partial charge >= 0.3 is 0 Å². The van der Waals surface area contributed by atoms with Crippen LogP contribution in [-0.4, -0.2) is 47.2 Å². The van der Waals surface area contributed by atoms with E-state index in [0.717, 1.165) is 25.9 Å². The Morgan fingerprint density at radius 3 is 2.81 bits per heavy atom. The van der Waals surface area contributed by atoms with Crippen LogP contribution in [0.2, 0.25) is 0 Å². The molecule has 0 bridgehead atoms. The largest absolute Gasteiger partial charge is 0.497 e. The smallest absolute Gasteiger partial charge is 0.277 e. The van der Waals surface area contributed by atoms with E-state index in [9.17, 15) is 4.79 Å². The van der Waals surface area contributed by atoms with Crippen LogP contribution in [0.5, 0.6) is 11.5 Å². The number of hydrogen-bond donors (Lipinski definition) is 2. The van der Waals surface area contributed by atoms with Gasteiger partial charge in [0.2, 0.25) is 0 Å². The van der Waals surface area contributed by atoms with E-state index in [1.807, 2.05) is 13.8 Å². The molecule has 1 aromatic carbocycles. The fraction of sp³-hybridized carbons (Fsp3) is 0.500. The minimum Gasteiger partial charge on any atom is -0.497 e. The van der Waals surface area contributed by atoms with E-state index in [4.69, 9.17) is 9.47 Å². The zero-order chi connectivity index (χ0) is 18.5. The summed E-state index contributed by atoms with van der Waals surface area (Å²) in [5, 5.41) is 14.3. The first-order valence-electron chi connectivity index (χ1n) is 8.85. The number of amides is 1. The maximum absolute atomic E-state index is 12.6. The summed E-state index contributed by atoms with van der Waals surface area (Å²) in [6.07, 6.45) is 3.65. The number of aromatic nitrogens is 3. The standard InChI is InChI=1S/C18H25N5O3/c1-12(2)26-17-5-4-14(25-3)10-15(17)20-18(24)16-11-23(22-21-16)13-6-8-19-9-7-13/h4-5,10-13,19H,6-9H2,1-3H3,(H,20,24). The van der Waals surface area contributed by atoms with Gasteiger partial charge in [0.1, 0.15) is 11.5 Å². The number of methoxy groups -OCH3 is 1. The van der Waals surface area contributed by atoms with Crippen LogP contribution in [-0.2, 0) is 0 Å². The lowest BCUT2D eigenvalue weighted by Gasteiger charge is -2.22. The first-order chi connectivity index (χ1) is 12.6. The van der Waals surface area contributed by atoms with Crippen molar-refractivity contribution in [1.82, 2.24) is 20.3 Å². The Kier molecular flexibility index (Phi) is 5.72. The zero-order valence-corrected chi connectivity index (χ0v) is 15.4. The molecular weight excluding hydrogens is 334 g/mol. The van der Waals surface area contributed by atoms with E-state index < -0.39 is 0 Å². The van der Waals surface area contributed by atoms with E-state index in [1.165, 1.54) is 0 Å². The third-order valence-electron chi connectivity index (χ3n) is 4.22. The first-order valence-corrected chi connectivity index (χ1v) is 8.85. The Bertz CT molecular complexity index is 753. The Labute approximate surface area is 152 Å². The van der Waals surface area contributed by atoms with E-state index in [-0.39, 0.29) is 23.7 Å². The van der Waals surface area contributed by atoms with Crippen molar-refractivity contribution in [2.75, 3.05) is 25.5 Å². The molecule has 1 fully saturated rings. The molecule has 1 saturated heterocycles. The Hall–Kier alpha value is -2.61. The topological polar surface area (TPSA) is 90.3 Å². The number of anilines is 1. The lowest BCUT2D eigenvalue weighted by Crippen LogP contribution is -2.29. The van der Waals surface area contributed by atoms with Gasteiger partial charge in [0.05, 0.1) is 31.1 Å². The van der Waals surface area contributed by atoms with Crippen molar-refractivity contribution >= 4 is 11.6 Å². The summed E-state index contributed by atoms with van der Waals surface area (Å²) in [5.41, 5.74) is 0.821. The summed E-state index contributed by atoms with van der Waals surface area (Å²) in [4.78, 5) is 12.6. The normalized spacial score (nSPS) is 15.1. The summed E-state index contributed by atoms with van der Waals surface area (Å²) < 4.78 is 12.8. The van der Waals surface area contributed by atoms with Gasteiger partial charge in [-0.3, -0.25) is 4.79 Å². The number of nitrogens with one attached hydrogen (secondary N) is 2. The highest BCUT2D eigenvalue weighted by molar-refractivity contribution is 6.03. The van der Waals surface area contributed by atoms with E-state index in [1.54, 1.807) is 36.2 Å². The molecule has 1 aliphatic heterocycles. The monoisotopic (exact) mass is 359 g/mol. The zero-order valence-electron chi connectivity index (χ0n) is 15.4. The lowest BCUT2D eigenvalue weighted by molar-refractivity contribution is 0.102. The molecule has 0 unspecified atom stereocenters. The molecule has 26 heavy (non-hydrogen) atoms. The van der Waals surface area contributed by atoms with Crippen molar-refractivity contribution in [3.8, 4) is 11.5 Å². The van der Waals surface area contributed by atoms with E-state index >= 15 is 0 Å². The number of hydrogen-bond acceptors (Lipinski definition) is 6. The maximum Gasteiger partial charge on any atom is 0.277 e. The minimum absolute atomic E-state index is 0.0140. The molecule has 3 rings (SSSR count). The number of benzene rings is 1. The molecule has 2 heterocycles. The van der Waals surface area contributed by atoms with Crippen LogP contribution < -0.4 is 20.1 Å². The molecular formula is C18H25N5O3. The van der Waals surface area contributed by atoms with E-state index in [2.05, 4.69) is 20.9 Å². The number of rotatable bonds is 6. The molecule has 2 aromatic rings. The molecule has 0 aliphatic carbocycles. The number of carbonyl (C=O) groups excluding carboxylic acids is 1.